The second-order valence-electron chi connectivity index (χ2n) is 3.98. The third-order valence-electron chi connectivity index (χ3n) is 2.81. The Balaban J connectivity index is 1.74. The smallest absolute Gasteiger partial charge is 0.238 e. The largest absolute Gasteiger partial charge is 0.352 e. The van der Waals surface area contributed by atoms with Gasteiger partial charge in [0.15, 0.2) is 0 Å². The molecule has 1 unspecified atom stereocenters. The van der Waals surface area contributed by atoms with E-state index in [4.69, 9.17) is 0 Å². The third kappa shape index (κ3) is 3.57. The van der Waals surface area contributed by atoms with Gasteiger partial charge in [-0.1, -0.05) is 0 Å². The van der Waals surface area contributed by atoms with E-state index in [-0.39, 0.29) is 11.9 Å². The number of carbonyl (C=O) groups is 1. The Labute approximate surface area is 99.5 Å². The molecule has 0 bridgehead atoms. The average Bonchev–Trinajstić information content (AvgIpc) is 2.31. The Morgan fingerprint density at radius 1 is 1.20 bits per heavy atom. The molecule has 2 rings (SSSR count). The highest BCUT2D eigenvalue weighted by Gasteiger charge is 2.23. The lowest BCUT2D eigenvalue weighted by Crippen LogP contribution is -2.52. The van der Waals surface area contributed by atoms with Crippen molar-refractivity contribution < 1.29 is 4.79 Å². The first kappa shape index (κ1) is 11.6. The maximum absolute atomic E-state index is 11.9. The SMILES string of the molecule is O=C(NC1CCSCC1)C1CSCCN1. The van der Waals surface area contributed by atoms with Gasteiger partial charge in [0.25, 0.3) is 0 Å². The summed E-state index contributed by atoms with van der Waals surface area (Å²) in [7, 11) is 0. The van der Waals surface area contributed by atoms with Crippen LogP contribution >= 0.6 is 23.5 Å². The summed E-state index contributed by atoms with van der Waals surface area (Å²) >= 11 is 3.86. The van der Waals surface area contributed by atoms with E-state index >= 15 is 0 Å². The van der Waals surface area contributed by atoms with Gasteiger partial charge in [-0.25, -0.2) is 0 Å². The van der Waals surface area contributed by atoms with Crippen LogP contribution in [-0.2, 0) is 4.79 Å². The van der Waals surface area contributed by atoms with E-state index in [0.29, 0.717) is 6.04 Å². The molecule has 2 aliphatic heterocycles. The van der Waals surface area contributed by atoms with Gasteiger partial charge in [-0.2, -0.15) is 23.5 Å². The minimum atomic E-state index is 0.0401. The summed E-state index contributed by atoms with van der Waals surface area (Å²) in [6, 6.07) is 0.464. The normalized spacial score (nSPS) is 28.7. The van der Waals surface area contributed by atoms with Gasteiger partial charge in [0, 0.05) is 24.1 Å². The zero-order valence-electron chi connectivity index (χ0n) is 8.83. The second kappa shape index (κ2) is 6.01. The van der Waals surface area contributed by atoms with Crippen LogP contribution < -0.4 is 10.6 Å². The Hall–Kier alpha value is 0.130. The van der Waals surface area contributed by atoms with Gasteiger partial charge in [0.2, 0.25) is 5.91 Å². The molecule has 2 N–H and O–H groups in total. The minimum absolute atomic E-state index is 0.0401. The molecule has 2 fully saturated rings. The maximum Gasteiger partial charge on any atom is 0.238 e. The van der Waals surface area contributed by atoms with Gasteiger partial charge < -0.3 is 10.6 Å². The predicted molar refractivity (Wildman–Crippen MR) is 67.6 cm³/mol. The van der Waals surface area contributed by atoms with Crippen molar-refractivity contribution in [2.24, 2.45) is 0 Å². The molecule has 0 radical (unpaired) electrons. The summed E-state index contributed by atoms with van der Waals surface area (Å²) < 4.78 is 0. The molecule has 1 atom stereocenters. The van der Waals surface area contributed by atoms with Gasteiger partial charge in [-0.05, 0) is 24.3 Å². The number of amides is 1. The van der Waals surface area contributed by atoms with Crippen molar-refractivity contribution in [1.82, 2.24) is 10.6 Å². The molecule has 0 aromatic carbocycles. The summed E-state index contributed by atoms with van der Waals surface area (Å²) in [5, 5.41) is 6.43. The molecule has 15 heavy (non-hydrogen) atoms. The van der Waals surface area contributed by atoms with E-state index in [0.717, 1.165) is 30.9 Å². The molecule has 0 spiro atoms. The molecule has 0 saturated carbocycles. The Morgan fingerprint density at radius 3 is 2.67 bits per heavy atom. The summed E-state index contributed by atoms with van der Waals surface area (Å²) in [5.74, 6) is 4.64. The summed E-state index contributed by atoms with van der Waals surface area (Å²) in [4.78, 5) is 11.9. The summed E-state index contributed by atoms with van der Waals surface area (Å²) in [5.41, 5.74) is 0. The van der Waals surface area contributed by atoms with E-state index in [1.54, 1.807) is 0 Å². The first-order chi connectivity index (χ1) is 7.36. The molecule has 2 heterocycles. The van der Waals surface area contributed by atoms with Gasteiger partial charge in [-0.15, -0.1) is 0 Å². The summed E-state index contributed by atoms with van der Waals surface area (Å²) in [6.07, 6.45) is 2.27. The number of hydrogen-bond donors (Lipinski definition) is 2. The van der Waals surface area contributed by atoms with Gasteiger partial charge in [0.05, 0.1) is 6.04 Å². The molecule has 2 saturated heterocycles. The van der Waals surface area contributed by atoms with Gasteiger partial charge in [0.1, 0.15) is 0 Å². The number of thioether (sulfide) groups is 2. The van der Waals surface area contributed by atoms with Crippen LogP contribution in [0, 0.1) is 0 Å². The number of rotatable bonds is 2. The zero-order valence-corrected chi connectivity index (χ0v) is 10.5. The van der Waals surface area contributed by atoms with Crippen LogP contribution in [0.4, 0.5) is 0 Å². The molecule has 86 valence electrons. The maximum atomic E-state index is 11.9. The van der Waals surface area contributed by atoms with E-state index < -0.39 is 0 Å². The van der Waals surface area contributed by atoms with Crippen LogP contribution in [0.3, 0.4) is 0 Å². The Kier molecular flexibility index (Phi) is 4.65. The van der Waals surface area contributed by atoms with Crippen molar-refractivity contribution in [2.45, 2.75) is 24.9 Å². The van der Waals surface area contributed by atoms with Gasteiger partial charge in [-0.3, -0.25) is 4.79 Å². The topological polar surface area (TPSA) is 41.1 Å². The highest BCUT2D eigenvalue weighted by atomic mass is 32.2. The van der Waals surface area contributed by atoms with E-state index in [1.807, 2.05) is 23.5 Å². The van der Waals surface area contributed by atoms with Crippen LogP contribution in [0.15, 0.2) is 0 Å². The highest BCUT2D eigenvalue weighted by Crippen LogP contribution is 2.17. The number of hydrogen-bond acceptors (Lipinski definition) is 4. The van der Waals surface area contributed by atoms with Crippen molar-refractivity contribution in [3.63, 3.8) is 0 Å². The van der Waals surface area contributed by atoms with Crippen LogP contribution in [0.1, 0.15) is 12.8 Å². The standard InChI is InChI=1S/C10H18N2OS2/c13-10(9-7-15-6-3-11-9)12-8-1-4-14-5-2-8/h8-9,11H,1-7H2,(H,12,13). The second-order valence-corrected chi connectivity index (χ2v) is 6.35. The third-order valence-corrected chi connectivity index (χ3v) is 4.92. The van der Waals surface area contributed by atoms with Crippen LogP contribution in [0.2, 0.25) is 0 Å². The van der Waals surface area contributed by atoms with E-state index in [1.165, 1.54) is 11.5 Å². The van der Waals surface area contributed by atoms with Crippen molar-refractivity contribution in [3.05, 3.63) is 0 Å². The molecule has 5 heteroatoms. The van der Waals surface area contributed by atoms with Crippen molar-refractivity contribution in [1.29, 1.82) is 0 Å². The first-order valence-corrected chi connectivity index (χ1v) is 7.86. The van der Waals surface area contributed by atoms with Crippen molar-refractivity contribution >= 4 is 29.4 Å². The Morgan fingerprint density at radius 2 is 2.00 bits per heavy atom. The van der Waals surface area contributed by atoms with Crippen LogP contribution in [-0.4, -0.2) is 47.5 Å². The lowest BCUT2D eigenvalue weighted by molar-refractivity contribution is -0.123. The lowest BCUT2D eigenvalue weighted by Gasteiger charge is -2.27. The van der Waals surface area contributed by atoms with Crippen LogP contribution in [0.25, 0.3) is 0 Å². The number of carbonyl (C=O) groups excluding carboxylic acids is 1. The molecule has 1 amide bonds. The first-order valence-electron chi connectivity index (χ1n) is 5.55. The average molecular weight is 246 g/mol. The molecule has 3 nitrogen and oxygen atoms in total. The Bertz CT molecular complexity index is 213. The monoisotopic (exact) mass is 246 g/mol. The zero-order chi connectivity index (χ0) is 10.5. The lowest BCUT2D eigenvalue weighted by atomic mass is 10.1. The highest BCUT2D eigenvalue weighted by molar-refractivity contribution is 7.99. The molecular weight excluding hydrogens is 228 g/mol. The predicted octanol–water partition coefficient (Wildman–Crippen LogP) is 0.703. The van der Waals surface area contributed by atoms with Crippen molar-refractivity contribution in [3.8, 4) is 0 Å². The fourth-order valence-electron chi connectivity index (χ4n) is 1.88. The van der Waals surface area contributed by atoms with E-state index in [9.17, 15) is 4.79 Å². The van der Waals surface area contributed by atoms with Crippen LogP contribution in [0.5, 0.6) is 0 Å². The molecular formula is C10H18N2OS2. The minimum Gasteiger partial charge on any atom is -0.352 e. The number of nitrogens with one attached hydrogen (secondary N) is 2. The quantitative estimate of drug-likeness (QED) is 0.753. The van der Waals surface area contributed by atoms with Crippen molar-refractivity contribution in [2.75, 3.05) is 29.6 Å². The molecule has 0 aromatic rings. The molecule has 2 aliphatic rings. The fraction of sp³-hybridized carbons (Fsp3) is 0.900. The van der Waals surface area contributed by atoms with E-state index in [2.05, 4.69) is 10.6 Å². The molecule has 0 aliphatic carbocycles. The van der Waals surface area contributed by atoms with Gasteiger partial charge >= 0.3 is 0 Å². The summed E-state index contributed by atoms with van der Waals surface area (Å²) in [6.45, 7) is 0.962. The molecule has 0 aromatic heterocycles. The fourth-order valence-corrected chi connectivity index (χ4v) is 3.92.